The smallest absolute Gasteiger partial charge is 0.143 e. The van der Waals surface area contributed by atoms with Gasteiger partial charge in [-0.2, -0.15) is 0 Å². The minimum atomic E-state index is 0.654. The Labute approximate surface area is 111 Å². The summed E-state index contributed by atoms with van der Waals surface area (Å²) >= 11 is 1.48. The summed E-state index contributed by atoms with van der Waals surface area (Å²) in [5.74, 6) is 0.728. The number of hydrogen-bond acceptors (Lipinski definition) is 5. The fraction of sp³-hybridized carbons (Fsp3) is 0.231. The summed E-state index contributed by atoms with van der Waals surface area (Å²) in [6.07, 6.45) is 5.98. The third-order valence-electron chi connectivity index (χ3n) is 2.24. The minimum Gasteiger partial charge on any atom is -0.491 e. The van der Waals surface area contributed by atoms with Crippen molar-refractivity contribution >= 4 is 17.4 Å². The Hall–Kier alpha value is -1.75. The Morgan fingerprint density at radius 1 is 1.33 bits per heavy atom. The molecule has 0 bridgehead atoms. The summed E-state index contributed by atoms with van der Waals surface area (Å²) in [6.45, 7) is 2.73. The maximum atomic E-state index is 6.08. The number of ether oxygens (including phenoxy) is 1. The van der Waals surface area contributed by atoms with Crippen LogP contribution < -0.4 is 10.5 Å². The van der Waals surface area contributed by atoms with Gasteiger partial charge in [-0.25, -0.2) is 4.98 Å². The molecular weight excluding hydrogens is 246 g/mol. The standard InChI is InChI=1S/C13H15N3OS/c1-2-8-17-10-4-3-5-11(13(10)14)18-12-9-15-6-7-16-12/h3-7,9H,2,8,14H2,1H3. The van der Waals surface area contributed by atoms with E-state index >= 15 is 0 Å². The molecule has 5 heteroatoms. The molecule has 0 atom stereocenters. The van der Waals surface area contributed by atoms with Crippen molar-refractivity contribution in [3.05, 3.63) is 36.8 Å². The van der Waals surface area contributed by atoms with Gasteiger partial charge in [0.05, 0.1) is 18.5 Å². The van der Waals surface area contributed by atoms with Crippen LogP contribution in [0.25, 0.3) is 0 Å². The molecule has 4 nitrogen and oxygen atoms in total. The Morgan fingerprint density at radius 2 is 2.22 bits per heavy atom. The van der Waals surface area contributed by atoms with Crippen LogP contribution >= 0.6 is 11.8 Å². The minimum absolute atomic E-state index is 0.654. The maximum Gasteiger partial charge on any atom is 0.143 e. The summed E-state index contributed by atoms with van der Waals surface area (Å²) in [6, 6.07) is 5.76. The summed E-state index contributed by atoms with van der Waals surface area (Å²) in [5, 5.41) is 0.817. The van der Waals surface area contributed by atoms with Crippen LogP contribution in [0.2, 0.25) is 0 Å². The van der Waals surface area contributed by atoms with E-state index in [0.29, 0.717) is 12.3 Å². The first-order valence-electron chi connectivity index (χ1n) is 5.76. The molecule has 0 fully saturated rings. The van der Waals surface area contributed by atoms with E-state index in [-0.39, 0.29) is 0 Å². The van der Waals surface area contributed by atoms with Crippen molar-refractivity contribution in [1.29, 1.82) is 0 Å². The lowest BCUT2D eigenvalue weighted by Gasteiger charge is -2.11. The molecule has 0 saturated carbocycles. The van der Waals surface area contributed by atoms with Crippen LogP contribution in [-0.4, -0.2) is 16.6 Å². The highest BCUT2D eigenvalue weighted by Crippen LogP contribution is 2.35. The van der Waals surface area contributed by atoms with Crippen LogP contribution in [0, 0.1) is 0 Å². The first-order chi connectivity index (χ1) is 8.81. The highest BCUT2D eigenvalue weighted by Gasteiger charge is 2.08. The van der Waals surface area contributed by atoms with Gasteiger partial charge in [-0.15, -0.1) is 0 Å². The van der Waals surface area contributed by atoms with Crippen LogP contribution in [0.1, 0.15) is 13.3 Å². The van der Waals surface area contributed by atoms with Gasteiger partial charge in [0.2, 0.25) is 0 Å². The molecule has 0 spiro atoms. The van der Waals surface area contributed by atoms with E-state index in [4.69, 9.17) is 10.5 Å². The molecule has 2 N–H and O–H groups in total. The molecule has 0 aliphatic heterocycles. The first kappa shape index (κ1) is 12.7. The zero-order valence-electron chi connectivity index (χ0n) is 10.2. The van der Waals surface area contributed by atoms with E-state index < -0.39 is 0 Å². The average Bonchev–Trinajstić information content (AvgIpc) is 2.41. The predicted molar refractivity (Wildman–Crippen MR) is 72.8 cm³/mol. The topological polar surface area (TPSA) is 61.0 Å². The molecule has 0 saturated heterocycles. The van der Waals surface area contributed by atoms with Crippen molar-refractivity contribution in [1.82, 2.24) is 9.97 Å². The molecule has 0 amide bonds. The maximum absolute atomic E-state index is 6.08. The normalized spacial score (nSPS) is 10.3. The third kappa shape index (κ3) is 3.13. The van der Waals surface area contributed by atoms with Gasteiger partial charge >= 0.3 is 0 Å². The quantitative estimate of drug-likeness (QED) is 0.838. The monoisotopic (exact) mass is 261 g/mol. The highest BCUT2D eigenvalue weighted by molar-refractivity contribution is 7.99. The molecule has 1 aromatic carbocycles. The number of rotatable bonds is 5. The molecule has 18 heavy (non-hydrogen) atoms. The molecule has 0 radical (unpaired) electrons. The molecule has 1 aromatic heterocycles. The van der Waals surface area contributed by atoms with Crippen molar-refractivity contribution in [2.24, 2.45) is 0 Å². The molecule has 0 aliphatic carbocycles. The predicted octanol–water partition coefficient (Wildman–Crippen LogP) is 3.00. The number of nitrogen functional groups attached to an aromatic ring is 1. The van der Waals surface area contributed by atoms with E-state index in [0.717, 1.165) is 22.1 Å². The molecule has 2 rings (SSSR count). The molecule has 2 aromatic rings. The molecule has 0 aliphatic rings. The summed E-state index contributed by atoms with van der Waals surface area (Å²) in [5.41, 5.74) is 6.73. The Kier molecular flexibility index (Phi) is 4.41. The van der Waals surface area contributed by atoms with Gasteiger partial charge in [0.1, 0.15) is 10.8 Å². The van der Waals surface area contributed by atoms with Gasteiger partial charge < -0.3 is 10.5 Å². The van der Waals surface area contributed by atoms with Crippen LogP contribution in [-0.2, 0) is 0 Å². The lowest BCUT2D eigenvalue weighted by Crippen LogP contribution is -2.00. The van der Waals surface area contributed by atoms with Crippen LogP contribution in [0.5, 0.6) is 5.75 Å². The highest BCUT2D eigenvalue weighted by atomic mass is 32.2. The number of nitrogens with zero attached hydrogens (tertiary/aromatic N) is 2. The van der Waals surface area contributed by atoms with E-state index in [1.165, 1.54) is 11.8 Å². The van der Waals surface area contributed by atoms with Crippen molar-refractivity contribution < 1.29 is 4.74 Å². The van der Waals surface area contributed by atoms with Crippen molar-refractivity contribution in [2.45, 2.75) is 23.3 Å². The van der Waals surface area contributed by atoms with Gasteiger partial charge in [0.25, 0.3) is 0 Å². The first-order valence-corrected chi connectivity index (χ1v) is 6.58. The van der Waals surface area contributed by atoms with Gasteiger partial charge in [-0.05, 0) is 18.6 Å². The Balaban J connectivity index is 2.18. The Bertz CT molecular complexity index is 505. The van der Waals surface area contributed by atoms with E-state index in [1.807, 2.05) is 18.2 Å². The summed E-state index contributed by atoms with van der Waals surface area (Å²) < 4.78 is 5.59. The SMILES string of the molecule is CCCOc1cccc(Sc2cnccn2)c1N. The molecule has 1 heterocycles. The third-order valence-corrected chi connectivity index (χ3v) is 3.24. The number of benzene rings is 1. The lowest BCUT2D eigenvalue weighted by molar-refractivity contribution is 0.318. The second kappa shape index (κ2) is 6.26. The van der Waals surface area contributed by atoms with Crippen LogP contribution in [0.3, 0.4) is 0 Å². The van der Waals surface area contributed by atoms with Crippen LogP contribution in [0.4, 0.5) is 5.69 Å². The molecule has 94 valence electrons. The van der Waals surface area contributed by atoms with E-state index in [1.54, 1.807) is 18.6 Å². The fourth-order valence-corrected chi connectivity index (χ4v) is 2.21. The van der Waals surface area contributed by atoms with E-state index in [2.05, 4.69) is 16.9 Å². The van der Waals surface area contributed by atoms with Crippen molar-refractivity contribution in [3.8, 4) is 5.75 Å². The average molecular weight is 261 g/mol. The number of para-hydroxylation sites is 1. The van der Waals surface area contributed by atoms with Crippen LogP contribution in [0.15, 0.2) is 46.7 Å². The number of hydrogen-bond donors (Lipinski definition) is 1. The van der Waals surface area contributed by atoms with Crippen molar-refractivity contribution in [2.75, 3.05) is 12.3 Å². The fourth-order valence-electron chi connectivity index (χ4n) is 1.40. The largest absolute Gasteiger partial charge is 0.491 e. The molecule has 0 unspecified atom stereocenters. The lowest BCUT2D eigenvalue weighted by atomic mass is 10.3. The van der Waals surface area contributed by atoms with Gasteiger partial charge in [-0.1, -0.05) is 24.8 Å². The van der Waals surface area contributed by atoms with Gasteiger partial charge in [0, 0.05) is 17.3 Å². The molecular formula is C13H15N3OS. The second-order valence-electron chi connectivity index (χ2n) is 3.66. The zero-order valence-corrected chi connectivity index (χ0v) is 11.0. The van der Waals surface area contributed by atoms with Gasteiger partial charge in [0.15, 0.2) is 0 Å². The number of anilines is 1. The number of aromatic nitrogens is 2. The zero-order chi connectivity index (χ0) is 12.8. The number of nitrogens with two attached hydrogens (primary N) is 1. The summed E-state index contributed by atoms with van der Waals surface area (Å²) in [7, 11) is 0. The van der Waals surface area contributed by atoms with Crippen molar-refractivity contribution in [3.63, 3.8) is 0 Å². The second-order valence-corrected chi connectivity index (χ2v) is 4.72. The van der Waals surface area contributed by atoms with E-state index in [9.17, 15) is 0 Å². The Morgan fingerprint density at radius 3 is 2.94 bits per heavy atom. The van der Waals surface area contributed by atoms with Gasteiger partial charge in [-0.3, -0.25) is 4.98 Å². The summed E-state index contributed by atoms with van der Waals surface area (Å²) in [4.78, 5) is 9.17.